The number of benzene rings is 18. The Morgan fingerprint density at radius 2 is 0.551 bits per heavy atom. The van der Waals surface area contributed by atoms with Crippen LogP contribution in [0.15, 0.2) is 385 Å². The van der Waals surface area contributed by atoms with Gasteiger partial charge in [0.25, 0.3) is 6.71 Å². The van der Waals surface area contributed by atoms with Gasteiger partial charge in [0.05, 0.1) is 11.4 Å². The number of furan rings is 2. The van der Waals surface area contributed by atoms with Crippen molar-refractivity contribution in [1.82, 2.24) is 0 Å². The van der Waals surface area contributed by atoms with Gasteiger partial charge in [0.15, 0.2) is 0 Å². The molecule has 0 amide bonds. The fraction of sp³-hybridized carbons (Fsp3) is 0.100. The van der Waals surface area contributed by atoms with Gasteiger partial charge in [0, 0.05) is 107 Å². The van der Waals surface area contributed by atoms with Crippen LogP contribution in [0.4, 0.5) is 34.1 Å². The van der Waals surface area contributed by atoms with Gasteiger partial charge in [-0.25, -0.2) is 0 Å². The van der Waals surface area contributed by atoms with Crippen LogP contribution in [0.2, 0.25) is 0 Å². The molecule has 0 fully saturated rings. The quantitative estimate of drug-likeness (QED) is 0.121. The topological polar surface area (TPSA) is 32.8 Å². The summed E-state index contributed by atoms with van der Waals surface area (Å²) in [5.74, 6) is 0. The van der Waals surface area contributed by atoms with Crippen LogP contribution in [0.25, 0.3) is 184 Å². The highest BCUT2D eigenvalue weighted by atomic mass is 32.1. The van der Waals surface area contributed by atoms with E-state index in [2.05, 4.69) is 448 Å². The first-order chi connectivity index (χ1) is 61.9. The molecule has 6 heterocycles. The van der Waals surface area contributed by atoms with Crippen molar-refractivity contribution < 1.29 is 8.83 Å². The van der Waals surface area contributed by atoms with Crippen LogP contribution >= 0.6 is 22.7 Å². The van der Waals surface area contributed by atoms with Crippen LogP contribution in [0.1, 0.15) is 79.0 Å². The van der Waals surface area contributed by atoms with Crippen molar-refractivity contribution in [2.45, 2.75) is 78.6 Å². The van der Waals surface area contributed by atoms with E-state index < -0.39 is 5.41 Å². The lowest BCUT2D eigenvalue weighted by molar-refractivity contribution is 0.590. The molecule has 0 radical (unpaired) electrons. The number of fused-ring (bicyclic) bond motifs is 16. The molecule has 4 aromatic heterocycles. The molecule has 2 aliphatic heterocycles. The molecule has 0 aliphatic carbocycles. The molecule has 0 N–H and O–H groups in total. The third-order valence-corrected chi connectivity index (χ3v) is 29.2. The second-order valence-corrected chi connectivity index (χ2v) is 39.9. The maximum atomic E-state index is 7.10. The summed E-state index contributed by atoms with van der Waals surface area (Å²) in [6, 6.07) is 143. The van der Waals surface area contributed by atoms with Gasteiger partial charge in [-0.3, -0.25) is 0 Å². The van der Waals surface area contributed by atoms with Crippen LogP contribution < -0.4 is 26.2 Å². The van der Waals surface area contributed by atoms with Crippen LogP contribution in [-0.2, 0) is 16.2 Å². The van der Waals surface area contributed by atoms with E-state index >= 15 is 0 Å². The molecule has 0 saturated heterocycles. The SMILES string of the molecule is CC(C)(C)c1cc(-c2cccc3oc4ccccc4c23)c(N2c3ccc(-c4cccc(-c5ccccc5)c4)cc3B3c4ccc(-c5cc(-c6ccccc6)cc(-c6ccccc6)c5)cc4N(c4c(-c5cccc6oc7ccccc7c56)cc(C(C)(C)C)cc4-c4cccc5sc6ccccc6c45)c4cc(C(C)(C)C)cc2c43)c(-c2cccc3sc4ccccc4c23)c1. The lowest BCUT2D eigenvalue weighted by Gasteiger charge is -2.47. The number of anilines is 6. The maximum absolute atomic E-state index is 7.10. The predicted octanol–water partition coefficient (Wildman–Crippen LogP) is 33.2. The van der Waals surface area contributed by atoms with Gasteiger partial charge in [-0.05, 0) is 249 Å². The second-order valence-electron chi connectivity index (χ2n) is 37.8. The second kappa shape index (κ2) is 29.1. The Morgan fingerprint density at radius 3 is 1.02 bits per heavy atom. The summed E-state index contributed by atoms with van der Waals surface area (Å²) in [5, 5.41) is 9.27. The van der Waals surface area contributed by atoms with Crippen molar-refractivity contribution in [3.05, 3.63) is 393 Å². The first kappa shape index (κ1) is 76.3. The Labute approximate surface area is 748 Å². The average Bonchev–Trinajstić information content (AvgIpc) is 1.54. The van der Waals surface area contributed by atoms with Gasteiger partial charge < -0.3 is 18.6 Å². The molecule has 0 atom stereocenters. The minimum atomic E-state index is -0.436. The molecule has 18 aromatic carbocycles. The van der Waals surface area contributed by atoms with Crippen LogP contribution in [0.3, 0.4) is 0 Å². The molecule has 606 valence electrons. The van der Waals surface area contributed by atoms with Crippen molar-refractivity contribution in [3.8, 4) is 100 Å². The zero-order valence-electron chi connectivity index (χ0n) is 72.4. The smallest absolute Gasteiger partial charge is 0.252 e. The van der Waals surface area contributed by atoms with Crippen molar-refractivity contribution in [3.63, 3.8) is 0 Å². The Morgan fingerprint density at radius 1 is 0.220 bits per heavy atom. The van der Waals surface area contributed by atoms with Gasteiger partial charge in [-0.15, -0.1) is 22.7 Å². The molecule has 4 nitrogen and oxygen atoms in total. The fourth-order valence-corrected chi connectivity index (χ4v) is 22.9. The summed E-state index contributed by atoms with van der Waals surface area (Å²) >= 11 is 3.76. The maximum Gasteiger partial charge on any atom is 0.252 e. The number of hydrogen-bond acceptors (Lipinski definition) is 6. The standard InChI is InChI=1S/C120H89BN2O2S2/c1-118(2,3)82-66-93(85-44-28-50-105-111(85)89-40-19-23-48-103(89)124-105)116(95(68-82)87-46-30-54-109-113(87)91-42-21-25-52-107(91)126-109)122-99-59-57-77(76-39-27-38-75(60-76)72-32-13-10-14-33-72)64-98(99)121-97-58-56-78(81-62-79(73-34-15-11-16-35-73)61-80(63-81)74-36-17-12-18-37-74)65-100(97)123(102-71-84(120(7,8)9)70-101(122)115(102)121)117-94(86-45-29-51-106-112(86)90-41-20-24-49-104(90)125-106)67-83(119(4,5)6)69-96(117)88-47-31-55-110-114(88)92-43-22-26-53-108(92)127-110/h10-71H,1-9H3. The molecular weight excluding hydrogens is 1580 g/mol. The normalized spacial score (nSPS) is 12.9. The van der Waals surface area contributed by atoms with E-state index in [1.165, 1.54) is 90.1 Å². The van der Waals surface area contributed by atoms with E-state index in [9.17, 15) is 0 Å². The number of para-hydroxylation sites is 2. The third-order valence-electron chi connectivity index (χ3n) is 26.9. The summed E-state index contributed by atoms with van der Waals surface area (Å²) < 4.78 is 19.2. The zero-order chi connectivity index (χ0) is 85.5. The minimum Gasteiger partial charge on any atom is -0.456 e. The summed E-state index contributed by atoms with van der Waals surface area (Å²) in [6.45, 7) is 21.2. The number of thiophene rings is 2. The fourth-order valence-electron chi connectivity index (χ4n) is 20.6. The van der Waals surface area contributed by atoms with E-state index in [1.807, 2.05) is 22.7 Å². The van der Waals surface area contributed by atoms with Gasteiger partial charge in [0.1, 0.15) is 22.3 Å². The van der Waals surface area contributed by atoms with E-state index in [1.54, 1.807) is 0 Å². The minimum absolute atomic E-state index is 0.321. The van der Waals surface area contributed by atoms with Crippen LogP contribution in [-0.4, -0.2) is 6.71 Å². The van der Waals surface area contributed by atoms with Gasteiger partial charge in [-0.2, -0.15) is 0 Å². The van der Waals surface area contributed by atoms with Gasteiger partial charge >= 0.3 is 0 Å². The monoisotopic (exact) mass is 1660 g/mol. The molecule has 24 rings (SSSR count). The van der Waals surface area contributed by atoms with E-state index in [0.717, 1.165) is 161 Å². The first-order valence-electron chi connectivity index (χ1n) is 44.4. The van der Waals surface area contributed by atoms with E-state index in [-0.39, 0.29) is 17.5 Å². The molecule has 0 unspecified atom stereocenters. The van der Waals surface area contributed by atoms with Gasteiger partial charge in [0.2, 0.25) is 0 Å². The molecule has 7 heteroatoms. The summed E-state index contributed by atoms with van der Waals surface area (Å²) in [6.07, 6.45) is 0. The Bertz CT molecular complexity index is 7960. The molecular formula is C120H89BN2O2S2. The number of rotatable bonds is 11. The first-order valence-corrected chi connectivity index (χ1v) is 46.0. The van der Waals surface area contributed by atoms with Crippen molar-refractivity contribution in [1.29, 1.82) is 0 Å². The Balaban J connectivity index is 0.904. The van der Waals surface area contributed by atoms with Crippen molar-refractivity contribution in [2.75, 3.05) is 9.80 Å². The van der Waals surface area contributed by atoms with Gasteiger partial charge in [-0.1, -0.05) is 317 Å². The van der Waals surface area contributed by atoms with Crippen LogP contribution in [0.5, 0.6) is 0 Å². The third kappa shape index (κ3) is 12.5. The van der Waals surface area contributed by atoms with Crippen LogP contribution in [0, 0.1) is 0 Å². The highest BCUT2D eigenvalue weighted by Crippen LogP contribution is 2.59. The highest BCUT2D eigenvalue weighted by molar-refractivity contribution is 7.26. The summed E-state index contributed by atoms with van der Waals surface area (Å²) in [5.41, 5.74) is 36.6. The summed E-state index contributed by atoms with van der Waals surface area (Å²) in [4.78, 5) is 5.57. The molecule has 2 aliphatic rings. The number of nitrogens with zero attached hydrogens (tertiary/aromatic N) is 2. The molecule has 0 spiro atoms. The largest absolute Gasteiger partial charge is 0.456 e. The van der Waals surface area contributed by atoms with Crippen molar-refractivity contribution >= 4 is 164 Å². The zero-order valence-corrected chi connectivity index (χ0v) is 74.0. The number of hydrogen-bond donors (Lipinski definition) is 0. The van der Waals surface area contributed by atoms with Crippen molar-refractivity contribution in [2.24, 2.45) is 0 Å². The molecule has 127 heavy (non-hydrogen) atoms. The molecule has 0 bridgehead atoms. The predicted molar refractivity (Wildman–Crippen MR) is 546 cm³/mol. The summed E-state index contributed by atoms with van der Waals surface area (Å²) in [7, 11) is 0. The highest BCUT2D eigenvalue weighted by Gasteiger charge is 2.47. The molecule has 0 saturated carbocycles. The Kier molecular flexibility index (Phi) is 17.5. The molecule has 22 aromatic rings. The lowest BCUT2D eigenvalue weighted by atomic mass is 9.33. The van der Waals surface area contributed by atoms with E-state index in [0.29, 0.717) is 0 Å². The lowest BCUT2D eigenvalue weighted by Crippen LogP contribution is -2.61. The average molecular weight is 1670 g/mol. The Hall–Kier alpha value is -14.3. The van der Waals surface area contributed by atoms with E-state index in [4.69, 9.17) is 8.83 Å².